The van der Waals surface area contributed by atoms with E-state index in [1.165, 1.54) is 0 Å². The van der Waals surface area contributed by atoms with Crippen LogP contribution >= 0.6 is 0 Å². The van der Waals surface area contributed by atoms with Gasteiger partial charge in [0.2, 0.25) is 0 Å². The zero-order chi connectivity index (χ0) is 18.9. The molecule has 1 aliphatic carbocycles. The molecule has 6 heteroatoms. The van der Waals surface area contributed by atoms with E-state index in [0.717, 1.165) is 36.8 Å². The molecule has 0 bridgehead atoms. The molecule has 2 fully saturated rings. The zero-order valence-corrected chi connectivity index (χ0v) is 16.4. The maximum Gasteiger partial charge on any atom is 0.191 e. The first-order valence-electron chi connectivity index (χ1n) is 9.85. The largest absolute Gasteiger partial charge is 0.377 e. The van der Waals surface area contributed by atoms with E-state index in [9.17, 15) is 0 Å². The molecule has 4 rings (SSSR count). The van der Waals surface area contributed by atoms with Crippen LogP contribution in [0.5, 0.6) is 0 Å². The molecule has 0 amide bonds. The van der Waals surface area contributed by atoms with Gasteiger partial charge in [-0.25, -0.2) is 9.67 Å². The van der Waals surface area contributed by atoms with Gasteiger partial charge in [-0.15, -0.1) is 0 Å². The Kier molecular flexibility index (Phi) is 4.91. The van der Waals surface area contributed by atoms with Crippen molar-refractivity contribution in [2.45, 2.75) is 45.9 Å². The standard InChI is InChI=1S/C21H29N5O/c1-4-22-20(25-18-17-9-12-27-19(17)21(18,2)3)23-14-15-7-5-8-16(13-15)26-11-6-10-24-26/h5-8,10-11,13,17-19H,4,9,12,14H2,1-3H3,(H2,22,23,25). The van der Waals surface area contributed by atoms with Gasteiger partial charge in [-0.3, -0.25) is 0 Å². The molecule has 0 spiro atoms. The maximum atomic E-state index is 5.91. The second kappa shape index (κ2) is 7.35. The van der Waals surface area contributed by atoms with E-state index in [-0.39, 0.29) is 5.41 Å². The van der Waals surface area contributed by atoms with Crippen LogP contribution < -0.4 is 10.6 Å². The predicted octanol–water partition coefficient (Wildman–Crippen LogP) is 2.74. The Morgan fingerprint density at radius 2 is 2.26 bits per heavy atom. The van der Waals surface area contributed by atoms with Crippen LogP contribution in [-0.4, -0.2) is 41.0 Å². The van der Waals surface area contributed by atoms with Gasteiger partial charge in [0.1, 0.15) is 0 Å². The molecule has 2 aromatic rings. The highest BCUT2D eigenvalue weighted by molar-refractivity contribution is 5.80. The highest BCUT2D eigenvalue weighted by atomic mass is 16.5. The molecule has 1 aliphatic heterocycles. The van der Waals surface area contributed by atoms with Gasteiger partial charge in [-0.05, 0) is 37.1 Å². The van der Waals surface area contributed by atoms with Gasteiger partial charge in [-0.1, -0.05) is 26.0 Å². The van der Waals surface area contributed by atoms with E-state index in [2.05, 4.69) is 60.8 Å². The van der Waals surface area contributed by atoms with E-state index >= 15 is 0 Å². The summed E-state index contributed by atoms with van der Waals surface area (Å²) in [4.78, 5) is 4.83. The summed E-state index contributed by atoms with van der Waals surface area (Å²) < 4.78 is 7.78. The Hall–Kier alpha value is -2.34. The topological polar surface area (TPSA) is 63.5 Å². The summed E-state index contributed by atoms with van der Waals surface area (Å²) in [5, 5.41) is 11.4. The zero-order valence-electron chi connectivity index (χ0n) is 16.4. The first-order valence-corrected chi connectivity index (χ1v) is 9.85. The quantitative estimate of drug-likeness (QED) is 0.630. The molecule has 1 aromatic carbocycles. The van der Waals surface area contributed by atoms with Crippen molar-refractivity contribution in [3.8, 4) is 5.69 Å². The summed E-state index contributed by atoms with van der Waals surface area (Å²) in [5.74, 6) is 1.47. The fourth-order valence-corrected chi connectivity index (χ4v) is 4.47. The van der Waals surface area contributed by atoms with Crippen molar-refractivity contribution in [1.82, 2.24) is 20.4 Å². The summed E-state index contributed by atoms with van der Waals surface area (Å²) >= 11 is 0. The first-order chi connectivity index (χ1) is 13.1. The van der Waals surface area contributed by atoms with Gasteiger partial charge < -0.3 is 15.4 Å². The molecular weight excluding hydrogens is 338 g/mol. The summed E-state index contributed by atoms with van der Waals surface area (Å²) in [5.41, 5.74) is 2.35. The second-order valence-electron chi connectivity index (χ2n) is 8.00. The Bertz CT molecular complexity index is 799. The minimum absolute atomic E-state index is 0.136. The number of guanidine groups is 1. The number of benzene rings is 1. The average molecular weight is 367 g/mol. The third kappa shape index (κ3) is 3.46. The minimum Gasteiger partial charge on any atom is -0.377 e. The summed E-state index contributed by atoms with van der Waals surface area (Å²) in [6, 6.07) is 10.7. The number of nitrogens with zero attached hydrogens (tertiary/aromatic N) is 3. The van der Waals surface area contributed by atoms with Crippen molar-refractivity contribution in [3.05, 3.63) is 48.3 Å². The van der Waals surface area contributed by atoms with E-state index in [1.54, 1.807) is 6.20 Å². The highest BCUT2D eigenvalue weighted by Crippen LogP contribution is 2.52. The number of ether oxygens (including phenoxy) is 1. The monoisotopic (exact) mass is 367 g/mol. The lowest BCUT2D eigenvalue weighted by Gasteiger charge is -2.54. The average Bonchev–Trinajstić information content (AvgIpc) is 3.35. The second-order valence-corrected chi connectivity index (χ2v) is 8.00. The first kappa shape index (κ1) is 18.0. The summed E-state index contributed by atoms with van der Waals surface area (Å²) in [6.45, 7) is 9.02. The lowest BCUT2D eigenvalue weighted by molar-refractivity contribution is -0.106. The van der Waals surface area contributed by atoms with Crippen molar-refractivity contribution in [2.75, 3.05) is 13.2 Å². The molecule has 3 atom stereocenters. The number of aromatic nitrogens is 2. The molecule has 6 nitrogen and oxygen atoms in total. The summed E-state index contributed by atoms with van der Waals surface area (Å²) in [7, 11) is 0. The maximum absolute atomic E-state index is 5.91. The molecule has 144 valence electrons. The lowest BCUT2D eigenvalue weighted by atomic mass is 9.57. The van der Waals surface area contributed by atoms with Crippen LogP contribution in [0.15, 0.2) is 47.7 Å². The third-order valence-electron chi connectivity index (χ3n) is 5.84. The number of aliphatic imine (C=N–C) groups is 1. The van der Waals surface area contributed by atoms with E-state index in [0.29, 0.717) is 24.6 Å². The van der Waals surface area contributed by atoms with Crippen molar-refractivity contribution < 1.29 is 4.74 Å². The van der Waals surface area contributed by atoms with Gasteiger partial charge in [0.25, 0.3) is 0 Å². The van der Waals surface area contributed by atoms with Crippen LogP contribution in [0, 0.1) is 11.3 Å². The molecule has 2 heterocycles. The Morgan fingerprint density at radius 1 is 1.37 bits per heavy atom. The van der Waals surface area contributed by atoms with Gasteiger partial charge >= 0.3 is 0 Å². The van der Waals surface area contributed by atoms with Crippen LogP contribution in [0.3, 0.4) is 0 Å². The van der Waals surface area contributed by atoms with Gasteiger partial charge in [0.15, 0.2) is 5.96 Å². The molecule has 1 saturated heterocycles. The van der Waals surface area contributed by atoms with Gasteiger partial charge in [0.05, 0.1) is 18.3 Å². The Balaban J connectivity index is 1.46. The van der Waals surface area contributed by atoms with Crippen LogP contribution in [0.2, 0.25) is 0 Å². The highest BCUT2D eigenvalue weighted by Gasteiger charge is 2.59. The molecule has 2 N–H and O–H groups in total. The number of rotatable bonds is 5. The van der Waals surface area contributed by atoms with Crippen LogP contribution in [0.1, 0.15) is 32.8 Å². The molecule has 27 heavy (non-hydrogen) atoms. The fourth-order valence-electron chi connectivity index (χ4n) is 4.47. The number of hydrogen-bond acceptors (Lipinski definition) is 3. The SMILES string of the molecule is CCNC(=NCc1cccc(-n2cccn2)c1)NC1C2CCOC2C1(C)C. The molecule has 2 aliphatic rings. The van der Waals surface area contributed by atoms with E-state index < -0.39 is 0 Å². The van der Waals surface area contributed by atoms with Gasteiger partial charge in [-0.2, -0.15) is 5.10 Å². The van der Waals surface area contributed by atoms with Crippen molar-refractivity contribution >= 4 is 5.96 Å². The minimum atomic E-state index is 0.136. The molecule has 1 saturated carbocycles. The van der Waals surface area contributed by atoms with E-state index in [1.807, 2.05) is 16.9 Å². The molecule has 1 aromatic heterocycles. The fraction of sp³-hybridized carbons (Fsp3) is 0.524. The smallest absolute Gasteiger partial charge is 0.191 e. The van der Waals surface area contributed by atoms with Crippen LogP contribution in [0.4, 0.5) is 0 Å². The molecule has 0 radical (unpaired) electrons. The normalized spacial score (nSPS) is 26.3. The Morgan fingerprint density at radius 3 is 3.04 bits per heavy atom. The van der Waals surface area contributed by atoms with Gasteiger partial charge in [0, 0.05) is 42.9 Å². The van der Waals surface area contributed by atoms with E-state index in [4.69, 9.17) is 9.73 Å². The van der Waals surface area contributed by atoms with Crippen LogP contribution in [-0.2, 0) is 11.3 Å². The molecule has 3 unspecified atom stereocenters. The predicted molar refractivity (Wildman–Crippen MR) is 107 cm³/mol. The lowest BCUT2D eigenvalue weighted by Crippen LogP contribution is -2.67. The van der Waals surface area contributed by atoms with Crippen LogP contribution in [0.25, 0.3) is 5.69 Å². The van der Waals surface area contributed by atoms with Crippen molar-refractivity contribution in [2.24, 2.45) is 16.3 Å². The van der Waals surface area contributed by atoms with Crippen molar-refractivity contribution in [1.29, 1.82) is 0 Å². The summed E-state index contributed by atoms with van der Waals surface area (Å²) in [6.07, 6.45) is 5.26. The number of nitrogens with one attached hydrogen (secondary N) is 2. The molecular formula is C21H29N5O. The number of fused-ring (bicyclic) bond motifs is 1. The third-order valence-corrected chi connectivity index (χ3v) is 5.84. The number of hydrogen-bond donors (Lipinski definition) is 2. The Labute approximate surface area is 161 Å². The van der Waals surface area contributed by atoms with Crippen molar-refractivity contribution in [3.63, 3.8) is 0 Å².